The Balaban J connectivity index is 2.40. The molecule has 0 bridgehead atoms. The number of anilines is 1. The van der Waals surface area contributed by atoms with Gasteiger partial charge in [-0.1, -0.05) is 11.6 Å². The van der Waals surface area contributed by atoms with Gasteiger partial charge in [-0.3, -0.25) is 9.48 Å². The molecule has 29 heavy (non-hydrogen) atoms. The Bertz CT molecular complexity index is 950. The van der Waals surface area contributed by atoms with Gasteiger partial charge >= 0.3 is 11.9 Å². The lowest BCUT2D eigenvalue weighted by atomic mass is 10.1. The molecule has 0 spiro atoms. The van der Waals surface area contributed by atoms with Crippen LogP contribution in [0.4, 0.5) is 5.00 Å². The molecule has 2 aromatic rings. The Labute approximate surface area is 178 Å². The molecule has 8 nitrogen and oxygen atoms in total. The summed E-state index contributed by atoms with van der Waals surface area (Å²) in [5.74, 6) is -1.58. The molecule has 158 valence electrons. The summed E-state index contributed by atoms with van der Waals surface area (Å²) in [6, 6.07) is -0.690. The van der Waals surface area contributed by atoms with Gasteiger partial charge in [0.05, 0.1) is 35.2 Å². The number of halogens is 1. The predicted octanol–water partition coefficient (Wildman–Crippen LogP) is 4.08. The van der Waals surface area contributed by atoms with Gasteiger partial charge in [0, 0.05) is 0 Å². The summed E-state index contributed by atoms with van der Waals surface area (Å²) >= 11 is 7.15. The first kappa shape index (κ1) is 22.9. The van der Waals surface area contributed by atoms with Gasteiger partial charge < -0.3 is 14.8 Å². The van der Waals surface area contributed by atoms with Crippen LogP contribution in [0, 0.1) is 20.8 Å². The molecule has 1 N–H and O–H groups in total. The van der Waals surface area contributed by atoms with E-state index in [2.05, 4.69) is 10.4 Å². The number of aromatic nitrogens is 2. The van der Waals surface area contributed by atoms with Crippen molar-refractivity contribution in [3.05, 3.63) is 32.4 Å². The molecule has 0 radical (unpaired) electrons. The Hall–Kier alpha value is -2.39. The van der Waals surface area contributed by atoms with Gasteiger partial charge in [-0.05, 0) is 47.1 Å². The number of carbonyl (C=O) groups is 3. The number of hydrogen-bond donors (Lipinski definition) is 1. The molecule has 1 amide bonds. The van der Waals surface area contributed by atoms with E-state index in [0.717, 1.165) is 11.3 Å². The average molecular weight is 442 g/mol. The van der Waals surface area contributed by atoms with Crippen LogP contribution in [-0.4, -0.2) is 40.8 Å². The Morgan fingerprint density at radius 3 is 2.24 bits per heavy atom. The van der Waals surface area contributed by atoms with Crippen LogP contribution in [0.3, 0.4) is 0 Å². The van der Waals surface area contributed by atoms with Crippen molar-refractivity contribution in [3.8, 4) is 0 Å². The van der Waals surface area contributed by atoms with E-state index in [-0.39, 0.29) is 28.7 Å². The van der Waals surface area contributed by atoms with Crippen LogP contribution < -0.4 is 5.32 Å². The minimum atomic E-state index is -0.690. The molecule has 2 rings (SSSR count). The number of esters is 2. The normalized spacial score (nSPS) is 11.8. The van der Waals surface area contributed by atoms with E-state index in [4.69, 9.17) is 21.1 Å². The van der Waals surface area contributed by atoms with Gasteiger partial charge in [-0.25, -0.2) is 9.59 Å². The maximum Gasteiger partial charge on any atom is 0.348 e. The summed E-state index contributed by atoms with van der Waals surface area (Å²) in [7, 11) is 0. The first-order chi connectivity index (χ1) is 13.6. The molecule has 2 heterocycles. The highest BCUT2D eigenvalue weighted by atomic mass is 35.5. The molecule has 0 aliphatic heterocycles. The highest BCUT2D eigenvalue weighted by molar-refractivity contribution is 7.18. The second kappa shape index (κ2) is 9.41. The zero-order valence-corrected chi connectivity index (χ0v) is 18.8. The number of aryl methyl sites for hydroxylation is 1. The smallest absolute Gasteiger partial charge is 0.348 e. The number of amides is 1. The van der Waals surface area contributed by atoms with Crippen LogP contribution in [0.5, 0.6) is 0 Å². The third-order valence-electron chi connectivity index (χ3n) is 4.31. The third-order valence-corrected chi connectivity index (χ3v) is 6.04. The lowest BCUT2D eigenvalue weighted by molar-refractivity contribution is -0.119. The predicted molar refractivity (Wildman–Crippen MR) is 111 cm³/mol. The van der Waals surface area contributed by atoms with E-state index >= 15 is 0 Å². The fraction of sp³-hybridized carbons (Fsp3) is 0.474. The minimum absolute atomic E-state index is 0.145. The average Bonchev–Trinajstić information content (AvgIpc) is 3.12. The van der Waals surface area contributed by atoms with Gasteiger partial charge in [-0.15, -0.1) is 11.3 Å². The van der Waals surface area contributed by atoms with Gasteiger partial charge in [0.25, 0.3) is 0 Å². The number of nitrogens with one attached hydrogen (secondary N) is 1. The van der Waals surface area contributed by atoms with Crippen molar-refractivity contribution in [1.82, 2.24) is 9.78 Å². The molecule has 10 heteroatoms. The van der Waals surface area contributed by atoms with Crippen LogP contribution in [0.1, 0.15) is 63.8 Å². The highest BCUT2D eigenvalue weighted by Crippen LogP contribution is 2.35. The largest absolute Gasteiger partial charge is 0.462 e. The number of carbonyl (C=O) groups excluding carboxylic acids is 3. The molecule has 0 saturated carbocycles. The minimum Gasteiger partial charge on any atom is -0.462 e. The van der Waals surface area contributed by atoms with E-state index in [1.807, 2.05) is 0 Å². The van der Waals surface area contributed by atoms with Crippen molar-refractivity contribution in [2.75, 3.05) is 18.5 Å². The van der Waals surface area contributed by atoms with Crippen molar-refractivity contribution < 1.29 is 23.9 Å². The number of thiophene rings is 1. The Kier molecular flexibility index (Phi) is 7.43. The number of nitrogens with zero attached hydrogens (tertiary/aromatic N) is 2. The van der Waals surface area contributed by atoms with E-state index < -0.39 is 23.9 Å². The highest BCUT2D eigenvalue weighted by Gasteiger charge is 2.29. The monoisotopic (exact) mass is 441 g/mol. The molecule has 1 unspecified atom stereocenters. The van der Waals surface area contributed by atoms with Gasteiger partial charge in [0.1, 0.15) is 15.9 Å². The Morgan fingerprint density at radius 1 is 1.14 bits per heavy atom. The van der Waals surface area contributed by atoms with Gasteiger partial charge in [-0.2, -0.15) is 5.10 Å². The fourth-order valence-corrected chi connectivity index (χ4v) is 4.01. The van der Waals surface area contributed by atoms with Crippen LogP contribution in [-0.2, 0) is 14.3 Å². The molecular weight excluding hydrogens is 418 g/mol. The van der Waals surface area contributed by atoms with E-state index in [9.17, 15) is 14.4 Å². The molecule has 0 aromatic carbocycles. The van der Waals surface area contributed by atoms with Crippen LogP contribution in [0.2, 0.25) is 5.02 Å². The zero-order chi connectivity index (χ0) is 21.9. The molecule has 0 saturated heterocycles. The van der Waals surface area contributed by atoms with Gasteiger partial charge in [0.2, 0.25) is 5.91 Å². The second-order valence-corrected chi connectivity index (χ2v) is 7.69. The summed E-state index contributed by atoms with van der Waals surface area (Å²) in [5, 5.41) is 7.75. The number of hydrogen-bond acceptors (Lipinski definition) is 7. The molecule has 0 fully saturated rings. The summed E-state index contributed by atoms with van der Waals surface area (Å²) in [4.78, 5) is 37.8. The van der Waals surface area contributed by atoms with E-state index in [0.29, 0.717) is 22.0 Å². The quantitative estimate of drug-likeness (QED) is 0.650. The molecular formula is C19H24ClN3O5S. The molecule has 0 aliphatic rings. The van der Waals surface area contributed by atoms with Crippen molar-refractivity contribution in [2.45, 2.75) is 47.6 Å². The van der Waals surface area contributed by atoms with Crippen molar-refractivity contribution >= 4 is 45.8 Å². The summed E-state index contributed by atoms with van der Waals surface area (Å²) in [5.41, 5.74) is 1.83. The number of rotatable bonds is 7. The van der Waals surface area contributed by atoms with Crippen molar-refractivity contribution in [3.63, 3.8) is 0 Å². The topological polar surface area (TPSA) is 99.5 Å². The van der Waals surface area contributed by atoms with Crippen molar-refractivity contribution in [2.24, 2.45) is 0 Å². The maximum atomic E-state index is 12.9. The lowest BCUT2D eigenvalue weighted by Crippen LogP contribution is -2.25. The lowest BCUT2D eigenvalue weighted by Gasteiger charge is -2.14. The zero-order valence-electron chi connectivity index (χ0n) is 17.2. The first-order valence-corrected chi connectivity index (χ1v) is 10.3. The maximum absolute atomic E-state index is 12.9. The van der Waals surface area contributed by atoms with E-state index in [1.165, 1.54) is 4.68 Å². The van der Waals surface area contributed by atoms with E-state index in [1.54, 1.807) is 41.5 Å². The molecule has 2 aromatic heterocycles. The SMILES string of the molecule is CCOC(=O)c1sc(NC(=O)C(C)n2nc(C)c(Cl)c2C)c(C(=O)OCC)c1C. The van der Waals surface area contributed by atoms with Crippen molar-refractivity contribution in [1.29, 1.82) is 0 Å². The standard InChI is InChI=1S/C19H24ClN3O5S/c1-7-27-18(25)13-9(3)15(19(26)28-8-2)29-17(13)21-16(24)12(6)23-11(5)14(20)10(4)22-23/h12H,7-8H2,1-6H3,(H,21,24). The molecule has 1 atom stereocenters. The second-order valence-electron chi connectivity index (χ2n) is 6.30. The summed E-state index contributed by atoms with van der Waals surface area (Å²) in [6.45, 7) is 10.5. The summed E-state index contributed by atoms with van der Waals surface area (Å²) < 4.78 is 11.7. The van der Waals surface area contributed by atoms with Crippen LogP contribution in [0.25, 0.3) is 0 Å². The third kappa shape index (κ3) is 4.62. The van der Waals surface area contributed by atoms with Crippen LogP contribution >= 0.6 is 22.9 Å². The Morgan fingerprint density at radius 2 is 1.72 bits per heavy atom. The van der Waals surface area contributed by atoms with Gasteiger partial charge in [0.15, 0.2) is 0 Å². The fourth-order valence-electron chi connectivity index (χ4n) is 2.79. The number of ether oxygens (including phenoxy) is 2. The van der Waals surface area contributed by atoms with Crippen LogP contribution in [0.15, 0.2) is 0 Å². The molecule has 0 aliphatic carbocycles. The first-order valence-electron chi connectivity index (χ1n) is 9.13. The summed E-state index contributed by atoms with van der Waals surface area (Å²) in [6.07, 6.45) is 0.